The number of benzene rings is 2. The second kappa shape index (κ2) is 16.0. The van der Waals surface area contributed by atoms with Gasteiger partial charge in [-0.15, -0.1) is 0 Å². The Morgan fingerprint density at radius 2 is 1.10 bits per heavy atom. The SMILES string of the molecule is CON(C)C(=O)c1cn(C(C)(C)CC(C)(C)C)c2cc(C)ncc2c1=O.Cc1cc2c(cn1)c(=O)c(C(=O)c1ccc3ccccc3c1)cn2C(C)(C)CC(C)(C)C. The van der Waals surface area contributed by atoms with Gasteiger partial charge in [-0.1, -0.05) is 77.9 Å². The van der Waals surface area contributed by atoms with Gasteiger partial charge in [0.15, 0.2) is 5.78 Å². The number of rotatable bonds is 8. The summed E-state index contributed by atoms with van der Waals surface area (Å²) in [6.45, 7) is 25.5. The van der Waals surface area contributed by atoms with Crippen molar-refractivity contribution in [3.05, 3.63) is 128 Å². The Balaban J connectivity index is 0.000000226. The molecule has 0 aliphatic heterocycles. The molecule has 0 aliphatic carbocycles. The summed E-state index contributed by atoms with van der Waals surface area (Å²) in [7, 11) is 2.88. The molecule has 0 radical (unpaired) electrons. The molecule has 0 saturated heterocycles. The zero-order valence-corrected chi connectivity index (χ0v) is 36.7. The maximum absolute atomic E-state index is 13.6. The molecule has 0 bridgehead atoms. The minimum atomic E-state index is -0.472. The van der Waals surface area contributed by atoms with Crippen LogP contribution in [0.2, 0.25) is 0 Å². The number of fused-ring (bicyclic) bond motifs is 3. The number of hydroxylamine groups is 2. The Hall–Kier alpha value is -5.48. The molecule has 10 nitrogen and oxygen atoms in total. The van der Waals surface area contributed by atoms with E-state index in [0.29, 0.717) is 16.3 Å². The van der Waals surface area contributed by atoms with E-state index in [1.807, 2.05) is 66.9 Å². The number of nitrogens with zero attached hydrogens (tertiary/aromatic N) is 5. The van der Waals surface area contributed by atoms with Crippen LogP contribution in [0.15, 0.2) is 89.0 Å². The van der Waals surface area contributed by atoms with Gasteiger partial charge in [-0.25, -0.2) is 5.06 Å². The van der Waals surface area contributed by atoms with E-state index in [0.717, 1.165) is 51.1 Å². The molecule has 1 amide bonds. The Bertz CT molecular complexity index is 2660. The molecule has 0 spiro atoms. The molecule has 0 fully saturated rings. The van der Waals surface area contributed by atoms with E-state index in [1.54, 1.807) is 30.9 Å². The first-order chi connectivity index (χ1) is 26.8. The zero-order valence-electron chi connectivity index (χ0n) is 36.7. The molecule has 0 N–H and O–H groups in total. The summed E-state index contributed by atoms with van der Waals surface area (Å²) in [5.74, 6) is -0.733. The fourth-order valence-corrected chi connectivity index (χ4v) is 8.46. The number of ketones is 1. The van der Waals surface area contributed by atoms with Crippen LogP contribution in [-0.4, -0.2) is 50.0 Å². The van der Waals surface area contributed by atoms with E-state index < -0.39 is 5.91 Å². The maximum Gasteiger partial charge on any atom is 0.282 e. The van der Waals surface area contributed by atoms with Crippen molar-refractivity contribution in [2.75, 3.05) is 14.2 Å². The summed E-state index contributed by atoms with van der Waals surface area (Å²) in [6.07, 6.45) is 8.32. The third-order valence-corrected chi connectivity index (χ3v) is 10.3. The van der Waals surface area contributed by atoms with E-state index in [2.05, 4.69) is 83.8 Å². The van der Waals surface area contributed by atoms with E-state index in [1.165, 1.54) is 14.2 Å². The first-order valence-electron chi connectivity index (χ1n) is 19.7. The third-order valence-electron chi connectivity index (χ3n) is 10.3. The normalized spacial score (nSPS) is 12.4. The van der Waals surface area contributed by atoms with Gasteiger partial charge in [0, 0.05) is 59.9 Å². The topological polar surface area (TPSA) is 116 Å². The molecule has 4 heterocycles. The number of carbonyl (C=O) groups is 2. The largest absolute Gasteiger partial charge is 0.341 e. The van der Waals surface area contributed by atoms with Gasteiger partial charge in [-0.05, 0) is 94.2 Å². The predicted molar refractivity (Wildman–Crippen MR) is 235 cm³/mol. The number of hydrogen-bond donors (Lipinski definition) is 0. The van der Waals surface area contributed by atoms with Gasteiger partial charge < -0.3 is 9.13 Å². The first kappa shape index (κ1) is 43.6. The summed E-state index contributed by atoms with van der Waals surface area (Å²) < 4.78 is 4.12. The van der Waals surface area contributed by atoms with Crippen LogP contribution in [0.5, 0.6) is 0 Å². The fourth-order valence-electron chi connectivity index (χ4n) is 8.46. The standard InChI is InChI=1S/C28H30N2O2.C20H29N3O3/c1-18-13-24-22(15-29-18)26(32)23(16-30(24)28(5,6)17-27(2,3)4)25(31)21-12-11-19-9-7-8-10-20(19)14-21;1-13-9-16-14(10-21-13)17(24)15(18(25)22(7)26-8)11-23(16)20(5,6)12-19(2,3)4/h7-16H,17H2,1-6H3;9-11H,12H2,1-8H3. The maximum atomic E-state index is 13.6. The van der Waals surface area contributed by atoms with Crippen LogP contribution in [0, 0.1) is 24.7 Å². The van der Waals surface area contributed by atoms with Crippen LogP contribution < -0.4 is 10.9 Å². The summed E-state index contributed by atoms with van der Waals surface area (Å²) in [6, 6.07) is 17.3. The summed E-state index contributed by atoms with van der Waals surface area (Å²) in [4.78, 5) is 66.1. The third kappa shape index (κ3) is 9.45. The quantitative estimate of drug-likeness (QED) is 0.111. The molecule has 0 saturated carbocycles. The number of pyridine rings is 4. The highest BCUT2D eigenvalue weighted by molar-refractivity contribution is 6.11. The Morgan fingerprint density at radius 3 is 1.57 bits per heavy atom. The highest BCUT2D eigenvalue weighted by Crippen LogP contribution is 2.36. The fraction of sp³-hybridized carbons (Fsp3) is 0.417. The van der Waals surface area contributed by atoms with E-state index in [4.69, 9.17) is 4.84 Å². The second-order valence-corrected chi connectivity index (χ2v) is 19.1. The van der Waals surface area contributed by atoms with Crippen LogP contribution >= 0.6 is 0 Å². The lowest BCUT2D eigenvalue weighted by Crippen LogP contribution is -2.36. The number of carbonyl (C=O) groups excluding carboxylic acids is 2. The smallest absolute Gasteiger partial charge is 0.282 e. The molecule has 2 aromatic carbocycles. The molecular formula is C48H59N5O5. The molecule has 306 valence electrons. The molecule has 58 heavy (non-hydrogen) atoms. The summed E-state index contributed by atoms with van der Waals surface area (Å²) in [5, 5.41) is 4.01. The molecule has 0 atom stereocenters. The van der Waals surface area contributed by atoms with Crippen LogP contribution in [0.4, 0.5) is 0 Å². The van der Waals surface area contributed by atoms with Gasteiger partial charge >= 0.3 is 0 Å². The minimum absolute atomic E-state index is 0.0730. The van der Waals surface area contributed by atoms with Crippen molar-refractivity contribution in [1.29, 1.82) is 0 Å². The van der Waals surface area contributed by atoms with E-state index >= 15 is 0 Å². The lowest BCUT2D eigenvalue weighted by atomic mass is 9.81. The lowest BCUT2D eigenvalue weighted by molar-refractivity contribution is -0.0758. The lowest BCUT2D eigenvalue weighted by Gasteiger charge is -2.36. The van der Waals surface area contributed by atoms with Gasteiger partial charge in [0.2, 0.25) is 10.9 Å². The van der Waals surface area contributed by atoms with Crippen molar-refractivity contribution in [1.82, 2.24) is 24.2 Å². The van der Waals surface area contributed by atoms with Crippen LogP contribution in [-0.2, 0) is 15.9 Å². The Morgan fingerprint density at radius 1 is 0.655 bits per heavy atom. The van der Waals surface area contributed by atoms with Crippen molar-refractivity contribution in [3.63, 3.8) is 0 Å². The van der Waals surface area contributed by atoms with Crippen LogP contribution in [0.1, 0.15) is 120 Å². The summed E-state index contributed by atoms with van der Waals surface area (Å²) in [5.41, 5.74) is 2.97. The highest BCUT2D eigenvalue weighted by atomic mass is 16.7. The minimum Gasteiger partial charge on any atom is -0.341 e. The van der Waals surface area contributed by atoms with Crippen molar-refractivity contribution in [2.24, 2.45) is 10.8 Å². The van der Waals surface area contributed by atoms with Crippen molar-refractivity contribution >= 4 is 44.3 Å². The number of aromatic nitrogens is 4. The van der Waals surface area contributed by atoms with Gasteiger partial charge in [0.05, 0.1) is 34.5 Å². The Labute approximate surface area is 341 Å². The summed E-state index contributed by atoms with van der Waals surface area (Å²) >= 11 is 0. The van der Waals surface area contributed by atoms with Crippen molar-refractivity contribution in [3.8, 4) is 0 Å². The predicted octanol–water partition coefficient (Wildman–Crippen LogP) is 9.77. The molecular weight excluding hydrogens is 727 g/mol. The molecule has 6 aromatic rings. The Kier molecular flexibility index (Phi) is 12.1. The number of hydrogen-bond acceptors (Lipinski definition) is 7. The molecule has 0 unspecified atom stereocenters. The van der Waals surface area contributed by atoms with Gasteiger partial charge in [0.1, 0.15) is 5.56 Å². The average Bonchev–Trinajstić information content (AvgIpc) is 3.12. The molecule has 4 aromatic heterocycles. The van der Waals surface area contributed by atoms with Gasteiger partial charge in [-0.2, -0.15) is 0 Å². The number of amides is 1. The second-order valence-electron chi connectivity index (χ2n) is 19.1. The highest BCUT2D eigenvalue weighted by Gasteiger charge is 2.32. The molecule has 10 heteroatoms. The van der Waals surface area contributed by atoms with Crippen LogP contribution in [0.3, 0.4) is 0 Å². The zero-order chi connectivity index (χ0) is 43.1. The van der Waals surface area contributed by atoms with Crippen molar-refractivity contribution < 1.29 is 14.4 Å². The average molecular weight is 786 g/mol. The van der Waals surface area contributed by atoms with E-state index in [9.17, 15) is 19.2 Å². The van der Waals surface area contributed by atoms with Gasteiger partial charge in [-0.3, -0.25) is 34.0 Å². The first-order valence-corrected chi connectivity index (χ1v) is 19.7. The molecule has 0 aliphatic rings. The monoisotopic (exact) mass is 785 g/mol. The van der Waals surface area contributed by atoms with Gasteiger partial charge in [0.25, 0.3) is 5.91 Å². The van der Waals surface area contributed by atoms with Crippen LogP contribution in [0.25, 0.3) is 32.6 Å². The van der Waals surface area contributed by atoms with E-state index in [-0.39, 0.29) is 49.7 Å². The molecule has 6 rings (SSSR count). The number of aryl methyl sites for hydroxylation is 2. The van der Waals surface area contributed by atoms with Crippen molar-refractivity contribution in [2.45, 2.75) is 107 Å².